The number of hydrogen-bond donors (Lipinski definition) is 0. The van der Waals surface area contributed by atoms with E-state index in [9.17, 15) is 0 Å². The summed E-state index contributed by atoms with van der Waals surface area (Å²) in [6.45, 7) is 4.38. The molecule has 1 aromatic heterocycles. The third kappa shape index (κ3) is 3.12. The molecule has 25 heavy (non-hydrogen) atoms. The van der Waals surface area contributed by atoms with Crippen LogP contribution in [0.5, 0.6) is 0 Å². The number of aromatic nitrogens is 1. The minimum absolute atomic E-state index is 0.814. The fourth-order valence-corrected chi connectivity index (χ4v) is 3.96. The summed E-state index contributed by atoms with van der Waals surface area (Å²) in [5, 5.41) is 2.11. The predicted octanol–water partition coefficient (Wildman–Crippen LogP) is 5.34. The largest absolute Gasteiger partial charge is 0.320 e. The molecule has 1 aliphatic heterocycles. The molecular weight excluding hydrogens is 328 g/mol. The Bertz CT molecular complexity index is 938. The highest BCUT2D eigenvalue weighted by Gasteiger charge is 2.20. The molecule has 0 amide bonds. The van der Waals surface area contributed by atoms with Crippen LogP contribution in [0, 0.1) is 0 Å². The average Bonchev–Trinajstić information content (AvgIpc) is 2.76. The Kier molecular flexibility index (Phi) is 4.41. The van der Waals surface area contributed by atoms with Crippen molar-refractivity contribution in [3.8, 4) is 0 Å². The first kappa shape index (κ1) is 16.4. The molecule has 0 spiro atoms. The number of fused-ring (bicyclic) bond motifs is 3. The van der Waals surface area contributed by atoms with Crippen LogP contribution in [0.2, 0.25) is 5.02 Å². The molecule has 4 rings (SSSR count). The zero-order valence-corrected chi connectivity index (χ0v) is 15.6. The molecule has 3 heteroatoms. The van der Waals surface area contributed by atoms with E-state index in [0.29, 0.717) is 0 Å². The molecule has 0 bridgehead atoms. The van der Waals surface area contributed by atoms with Gasteiger partial charge in [0.15, 0.2) is 0 Å². The summed E-state index contributed by atoms with van der Waals surface area (Å²) < 4.78 is 2.39. The van der Waals surface area contributed by atoms with E-state index in [4.69, 9.17) is 11.6 Å². The molecule has 1 aliphatic rings. The summed E-state index contributed by atoms with van der Waals surface area (Å²) in [6, 6.07) is 16.9. The van der Waals surface area contributed by atoms with E-state index in [1.165, 1.54) is 33.3 Å². The second kappa shape index (κ2) is 6.70. The number of benzene rings is 2. The van der Waals surface area contributed by atoms with Gasteiger partial charge in [0.05, 0.1) is 5.52 Å². The lowest BCUT2D eigenvalue weighted by Crippen LogP contribution is -2.21. The van der Waals surface area contributed by atoms with E-state index in [1.807, 2.05) is 6.07 Å². The molecule has 2 aromatic carbocycles. The van der Waals surface area contributed by atoms with Gasteiger partial charge in [0.1, 0.15) is 0 Å². The molecule has 0 aliphatic carbocycles. The van der Waals surface area contributed by atoms with E-state index in [-0.39, 0.29) is 0 Å². The maximum absolute atomic E-state index is 6.31. The van der Waals surface area contributed by atoms with E-state index in [1.54, 1.807) is 0 Å². The van der Waals surface area contributed by atoms with Crippen LogP contribution >= 0.6 is 11.6 Å². The van der Waals surface area contributed by atoms with Crippen LogP contribution in [0.15, 0.2) is 48.5 Å². The van der Waals surface area contributed by atoms with Gasteiger partial charge in [0.25, 0.3) is 0 Å². The van der Waals surface area contributed by atoms with Crippen molar-refractivity contribution in [3.63, 3.8) is 0 Å². The SMILES string of the molecule is CC(=Cn1c2c(c3cc(Cl)ccc31)CCN(C)CC2)c1ccccc1. The molecule has 0 N–H and O–H groups in total. The molecule has 128 valence electrons. The first-order valence-corrected chi connectivity index (χ1v) is 9.25. The van der Waals surface area contributed by atoms with Gasteiger partial charge in [0.2, 0.25) is 0 Å². The van der Waals surface area contributed by atoms with Crippen molar-refractivity contribution in [1.29, 1.82) is 0 Å². The van der Waals surface area contributed by atoms with E-state index in [0.717, 1.165) is 31.0 Å². The summed E-state index contributed by atoms with van der Waals surface area (Å²) in [7, 11) is 2.20. The highest BCUT2D eigenvalue weighted by atomic mass is 35.5. The Morgan fingerprint density at radius 2 is 1.80 bits per heavy atom. The zero-order valence-electron chi connectivity index (χ0n) is 14.8. The van der Waals surface area contributed by atoms with Gasteiger partial charge in [-0.2, -0.15) is 0 Å². The third-order valence-electron chi connectivity index (χ3n) is 5.21. The number of rotatable bonds is 2. The zero-order chi connectivity index (χ0) is 17.4. The van der Waals surface area contributed by atoms with Gasteiger partial charge in [-0.05, 0) is 55.3 Å². The van der Waals surface area contributed by atoms with E-state index >= 15 is 0 Å². The van der Waals surface area contributed by atoms with Gasteiger partial charge in [-0.25, -0.2) is 0 Å². The van der Waals surface area contributed by atoms with Crippen LogP contribution < -0.4 is 0 Å². The van der Waals surface area contributed by atoms with Crippen molar-refractivity contribution in [1.82, 2.24) is 9.47 Å². The van der Waals surface area contributed by atoms with Crippen LogP contribution in [0.3, 0.4) is 0 Å². The van der Waals surface area contributed by atoms with Crippen molar-refractivity contribution < 1.29 is 0 Å². The van der Waals surface area contributed by atoms with Crippen LogP contribution in [-0.2, 0) is 12.8 Å². The first-order chi connectivity index (χ1) is 12.1. The fraction of sp³-hybridized carbons (Fsp3) is 0.273. The lowest BCUT2D eigenvalue weighted by molar-refractivity contribution is 0.351. The minimum Gasteiger partial charge on any atom is -0.320 e. The second-order valence-corrected chi connectivity index (χ2v) is 7.37. The third-order valence-corrected chi connectivity index (χ3v) is 5.44. The maximum Gasteiger partial charge on any atom is 0.0529 e. The Labute approximate surface area is 154 Å². The van der Waals surface area contributed by atoms with E-state index < -0.39 is 0 Å². The van der Waals surface area contributed by atoms with Crippen LogP contribution in [0.1, 0.15) is 23.7 Å². The minimum atomic E-state index is 0.814. The Balaban J connectivity index is 1.91. The maximum atomic E-state index is 6.31. The monoisotopic (exact) mass is 350 g/mol. The molecule has 0 saturated heterocycles. The predicted molar refractivity (Wildman–Crippen MR) is 108 cm³/mol. The van der Waals surface area contributed by atoms with Gasteiger partial charge < -0.3 is 9.47 Å². The second-order valence-electron chi connectivity index (χ2n) is 6.94. The van der Waals surface area contributed by atoms with Gasteiger partial charge >= 0.3 is 0 Å². The molecule has 2 heterocycles. The first-order valence-electron chi connectivity index (χ1n) is 8.87. The van der Waals surface area contributed by atoms with Gasteiger partial charge in [-0.3, -0.25) is 0 Å². The van der Waals surface area contributed by atoms with E-state index in [2.05, 4.69) is 72.1 Å². The number of hydrogen-bond acceptors (Lipinski definition) is 1. The smallest absolute Gasteiger partial charge is 0.0529 e. The Morgan fingerprint density at radius 3 is 2.60 bits per heavy atom. The molecule has 2 nitrogen and oxygen atoms in total. The molecule has 3 aromatic rings. The highest BCUT2D eigenvalue weighted by molar-refractivity contribution is 6.31. The van der Waals surface area contributed by atoms with Crippen LogP contribution in [-0.4, -0.2) is 29.6 Å². The highest BCUT2D eigenvalue weighted by Crippen LogP contribution is 2.32. The van der Waals surface area contributed by atoms with Crippen molar-refractivity contribution in [3.05, 3.63) is 70.4 Å². The quantitative estimate of drug-likeness (QED) is 0.605. The van der Waals surface area contributed by atoms with Crippen molar-refractivity contribution >= 4 is 34.3 Å². The van der Waals surface area contributed by atoms with Crippen LogP contribution in [0.4, 0.5) is 0 Å². The summed E-state index contributed by atoms with van der Waals surface area (Å²) in [4.78, 5) is 2.41. The number of allylic oxidation sites excluding steroid dienone is 1. The van der Waals surface area contributed by atoms with Gasteiger partial charge in [-0.15, -0.1) is 0 Å². The summed E-state index contributed by atoms with van der Waals surface area (Å²) in [6.07, 6.45) is 4.43. The number of halogens is 1. The molecular formula is C22H23ClN2. The van der Waals surface area contributed by atoms with Crippen molar-refractivity contribution in [2.45, 2.75) is 19.8 Å². The average molecular weight is 351 g/mol. The fourth-order valence-electron chi connectivity index (χ4n) is 3.78. The molecule has 0 saturated carbocycles. The van der Waals surface area contributed by atoms with Gasteiger partial charge in [0, 0.05) is 41.8 Å². The lowest BCUT2D eigenvalue weighted by Gasteiger charge is -2.13. The normalized spacial score (nSPS) is 16.0. The van der Waals surface area contributed by atoms with Crippen molar-refractivity contribution in [2.24, 2.45) is 0 Å². The Morgan fingerprint density at radius 1 is 1.04 bits per heavy atom. The topological polar surface area (TPSA) is 8.17 Å². The molecule has 0 radical (unpaired) electrons. The molecule has 0 unspecified atom stereocenters. The van der Waals surface area contributed by atoms with Gasteiger partial charge in [-0.1, -0.05) is 41.9 Å². The molecule has 0 fully saturated rings. The summed E-state index contributed by atoms with van der Waals surface area (Å²) >= 11 is 6.31. The summed E-state index contributed by atoms with van der Waals surface area (Å²) in [5.41, 5.74) is 6.68. The number of nitrogens with zero attached hydrogens (tertiary/aromatic N) is 2. The Hall–Kier alpha value is -2.03. The lowest BCUT2D eigenvalue weighted by atomic mass is 10.1. The van der Waals surface area contributed by atoms with Crippen molar-refractivity contribution in [2.75, 3.05) is 20.1 Å². The number of likely N-dealkylation sites (N-methyl/N-ethyl adjacent to an activating group) is 1. The standard InChI is InChI=1S/C22H23ClN2/c1-16(17-6-4-3-5-7-17)15-25-21-9-8-18(23)14-20(21)19-10-12-24(2)13-11-22(19)25/h3-9,14-15H,10-13H2,1-2H3. The molecule has 0 atom stereocenters. The van der Waals surface area contributed by atoms with Crippen LogP contribution in [0.25, 0.3) is 22.7 Å². The summed E-state index contributed by atoms with van der Waals surface area (Å²) in [5.74, 6) is 0.